The van der Waals surface area contributed by atoms with Crippen LogP contribution in [-0.4, -0.2) is 28.2 Å². The number of hydrogen-bond donors (Lipinski definition) is 4. The van der Waals surface area contributed by atoms with Crippen molar-refractivity contribution in [2.45, 2.75) is 0 Å². The molecule has 2 heterocycles. The van der Waals surface area contributed by atoms with Crippen LogP contribution in [-0.2, 0) is 4.79 Å². The summed E-state index contributed by atoms with van der Waals surface area (Å²) in [5.74, 6) is 0.353. The Morgan fingerprint density at radius 3 is 2.62 bits per heavy atom. The number of aromatic nitrogens is 3. The average Bonchev–Trinajstić information content (AvgIpc) is 3.21. The first-order valence-corrected chi connectivity index (χ1v) is 7.24. The van der Waals surface area contributed by atoms with Gasteiger partial charge in [-0.1, -0.05) is 0 Å². The summed E-state index contributed by atoms with van der Waals surface area (Å²) in [6, 6.07) is 10.6. The quantitative estimate of drug-likeness (QED) is 0.554. The van der Waals surface area contributed by atoms with E-state index in [9.17, 15) is 9.59 Å². The summed E-state index contributed by atoms with van der Waals surface area (Å²) in [7, 11) is 1.58. The molecular weight excluding hydrogens is 308 g/mol. The maximum absolute atomic E-state index is 12.1. The van der Waals surface area contributed by atoms with E-state index in [2.05, 4.69) is 20.5 Å². The summed E-state index contributed by atoms with van der Waals surface area (Å²) in [4.78, 5) is 27.0. The topological polar surface area (TPSA) is 103 Å². The third kappa shape index (κ3) is 3.46. The van der Waals surface area contributed by atoms with Crippen molar-refractivity contribution < 1.29 is 9.53 Å². The molecule has 0 saturated heterocycles. The predicted octanol–water partition coefficient (Wildman–Crippen LogP) is 0.288. The number of benzene rings is 1. The van der Waals surface area contributed by atoms with Crippen molar-refractivity contribution in [3.63, 3.8) is 0 Å². The zero-order valence-electron chi connectivity index (χ0n) is 12.9. The first-order valence-electron chi connectivity index (χ1n) is 7.24. The van der Waals surface area contributed by atoms with E-state index in [1.807, 2.05) is 12.1 Å². The zero-order valence-corrected chi connectivity index (χ0v) is 12.9. The summed E-state index contributed by atoms with van der Waals surface area (Å²) in [5.41, 5.74) is 1.10. The number of hydrogen-bond acceptors (Lipinski definition) is 3. The van der Waals surface area contributed by atoms with Gasteiger partial charge in [0.25, 0.3) is 11.5 Å². The Kier molecular flexibility index (Phi) is 4.33. The first-order chi connectivity index (χ1) is 11.7. The number of aromatic amines is 3. The molecule has 122 valence electrons. The fourth-order valence-corrected chi connectivity index (χ4v) is 2.21. The van der Waals surface area contributed by atoms with Gasteiger partial charge in [-0.25, -0.2) is 0 Å². The monoisotopic (exact) mass is 324 g/mol. The second kappa shape index (κ2) is 6.74. The van der Waals surface area contributed by atoms with Gasteiger partial charge in [0.1, 0.15) is 5.75 Å². The fraction of sp³-hybridized carbons (Fsp3) is 0.0588. The van der Waals surface area contributed by atoms with Crippen LogP contribution in [0.3, 0.4) is 0 Å². The maximum atomic E-state index is 12.1. The van der Waals surface area contributed by atoms with Gasteiger partial charge in [0.2, 0.25) is 0 Å². The maximum Gasteiger partial charge on any atom is 0.271 e. The average molecular weight is 324 g/mol. The molecule has 7 heteroatoms. The van der Waals surface area contributed by atoms with Gasteiger partial charge in [-0.05, 0) is 42.5 Å². The van der Waals surface area contributed by atoms with Crippen LogP contribution in [0.5, 0.6) is 5.75 Å². The van der Waals surface area contributed by atoms with Crippen LogP contribution < -0.4 is 26.2 Å². The van der Waals surface area contributed by atoms with Crippen LogP contribution in [0.4, 0.5) is 5.69 Å². The van der Waals surface area contributed by atoms with Crippen molar-refractivity contribution in [3.8, 4) is 5.75 Å². The third-order valence-corrected chi connectivity index (χ3v) is 3.40. The molecular formula is C17H16N4O3. The minimum absolute atomic E-state index is 0.298. The molecule has 0 saturated carbocycles. The minimum atomic E-state index is -0.350. The van der Waals surface area contributed by atoms with Gasteiger partial charge in [-0.3, -0.25) is 19.8 Å². The Morgan fingerprint density at radius 2 is 1.96 bits per heavy atom. The van der Waals surface area contributed by atoms with Gasteiger partial charge >= 0.3 is 0 Å². The van der Waals surface area contributed by atoms with Gasteiger partial charge < -0.3 is 15.0 Å². The van der Waals surface area contributed by atoms with Crippen molar-refractivity contribution >= 4 is 23.7 Å². The number of carbonyl (C=O) groups excluding carboxylic acids is 1. The van der Waals surface area contributed by atoms with E-state index in [0.29, 0.717) is 22.0 Å². The third-order valence-electron chi connectivity index (χ3n) is 3.40. The van der Waals surface area contributed by atoms with Gasteiger partial charge in [-0.2, -0.15) is 0 Å². The number of H-pyrrole nitrogens is 3. The summed E-state index contributed by atoms with van der Waals surface area (Å²) in [5, 5.41) is 8.69. The second-order valence-corrected chi connectivity index (χ2v) is 5.04. The van der Waals surface area contributed by atoms with E-state index in [4.69, 9.17) is 4.74 Å². The first kappa shape index (κ1) is 15.4. The Balaban J connectivity index is 1.88. The number of nitrogens with one attached hydrogen (secondary N) is 4. The standard InChI is InChI=1S/C17H16N4O3/c1-24-13-6-4-11(5-7-13)19-16(22)10-15-14(17(23)21-20-15)9-12-3-2-8-18-12/h2-10,18,20H,1H3,(H,19,22)(H,21,23). The molecule has 0 spiro atoms. The highest BCUT2D eigenvalue weighted by molar-refractivity contribution is 6.12. The highest BCUT2D eigenvalue weighted by Gasteiger charge is 2.02. The van der Waals surface area contributed by atoms with Crippen LogP contribution in [0.2, 0.25) is 0 Å². The van der Waals surface area contributed by atoms with Crippen LogP contribution >= 0.6 is 0 Å². The fourth-order valence-electron chi connectivity index (χ4n) is 2.21. The number of ether oxygens (including phenoxy) is 1. The SMILES string of the molecule is COc1ccc(NC(=O)C=c2[nH][nH]c(=O)c2=Cc2ccc[nH]2)cc1. The van der Waals surface area contributed by atoms with Gasteiger partial charge in [0.15, 0.2) is 0 Å². The second-order valence-electron chi connectivity index (χ2n) is 5.04. The smallest absolute Gasteiger partial charge is 0.271 e. The van der Waals surface area contributed by atoms with Crippen LogP contribution in [0, 0.1) is 0 Å². The van der Waals surface area contributed by atoms with Crippen molar-refractivity contribution in [1.29, 1.82) is 0 Å². The van der Waals surface area contributed by atoms with Gasteiger partial charge in [0, 0.05) is 23.7 Å². The molecule has 0 fully saturated rings. The lowest BCUT2D eigenvalue weighted by atomic mass is 10.3. The van der Waals surface area contributed by atoms with Crippen molar-refractivity contribution in [1.82, 2.24) is 15.2 Å². The molecule has 0 radical (unpaired) electrons. The number of methoxy groups -OCH3 is 1. The lowest BCUT2D eigenvalue weighted by molar-refractivity contribution is -0.110. The van der Waals surface area contributed by atoms with Crippen LogP contribution in [0.15, 0.2) is 47.4 Å². The molecule has 0 unspecified atom stereocenters. The number of rotatable bonds is 4. The van der Waals surface area contributed by atoms with E-state index >= 15 is 0 Å². The summed E-state index contributed by atoms with van der Waals surface area (Å²) in [6.45, 7) is 0. The molecule has 1 aromatic carbocycles. The van der Waals surface area contributed by atoms with Gasteiger partial charge in [-0.15, -0.1) is 0 Å². The number of amides is 1. The van der Waals surface area contributed by atoms with E-state index in [1.54, 1.807) is 43.6 Å². The Hall–Kier alpha value is -3.48. The molecule has 1 amide bonds. The predicted molar refractivity (Wildman–Crippen MR) is 91.1 cm³/mol. The van der Waals surface area contributed by atoms with Crippen molar-refractivity contribution in [2.75, 3.05) is 12.4 Å². The van der Waals surface area contributed by atoms with E-state index < -0.39 is 0 Å². The highest BCUT2D eigenvalue weighted by Crippen LogP contribution is 2.14. The lowest BCUT2D eigenvalue weighted by Crippen LogP contribution is -2.34. The molecule has 0 atom stereocenters. The number of anilines is 1. The van der Waals surface area contributed by atoms with E-state index in [0.717, 1.165) is 5.69 Å². The number of carbonyl (C=O) groups is 1. The molecule has 0 bridgehead atoms. The molecule has 24 heavy (non-hydrogen) atoms. The van der Waals surface area contributed by atoms with Gasteiger partial charge in [0.05, 0.1) is 17.7 Å². The van der Waals surface area contributed by atoms with Crippen LogP contribution in [0.25, 0.3) is 12.2 Å². The summed E-state index contributed by atoms with van der Waals surface area (Å²) >= 11 is 0. The summed E-state index contributed by atoms with van der Waals surface area (Å²) < 4.78 is 5.07. The zero-order chi connectivity index (χ0) is 16.9. The molecule has 2 aromatic heterocycles. The Bertz CT molecular complexity index is 996. The van der Waals surface area contributed by atoms with E-state index in [1.165, 1.54) is 6.08 Å². The Morgan fingerprint density at radius 1 is 1.17 bits per heavy atom. The molecule has 0 aliphatic carbocycles. The summed E-state index contributed by atoms with van der Waals surface area (Å²) in [6.07, 6.45) is 4.76. The Labute approximate surface area is 136 Å². The molecule has 0 aliphatic rings. The lowest BCUT2D eigenvalue weighted by Gasteiger charge is -2.03. The minimum Gasteiger partial charge on any atom is -0.497 e. The molecule has 3 aromatic rings. The molecule has 4 N–H and O–H groups in total. The molecule has 7 nitrogen and oxygen atoms in total. The van der Waals surface area contributed by atoms with Crippen molar-refractivity contribution in [3.05, 3.63) is 69.2 Å². The highest BCUT2D eigenvalue weighted by atomic mass is 16.5. The van der Waals surface area contributed by atoms with E-state index in [-0.39, 0.29) is 11.5 Å². The normalized spacial score (nSPS) is 12.4. The molecule has 3 rings (SSSR count). The molecule has 0 aliphatic heterocycles. The van der Waals surface area contributed by atoms with Crippen LogP contribution in [0.1, 0.15) is 5.69 Å². The van der Waals surface area contributed by atoms with Crippen molar-refractivity contribution in [2.24, 2.45) is 0 Å². The largest absolute Gasteiger partial charge is 0.497 e.